The lowest BCUT2D eigenvalue weighted by Gasteiger charge is -2.27. The van der Waals surface area contributed by atoms with Crippen molar-refractivity contribution in [2.75, 3.05) is 21.9 Å². The molecule has 5 nitrogen and oxygen atoms in total. The SMILES string of the molecule is CC.O=C(Nc1ccc(Cl)c(-c2ccc(Cl)cn2)c1)c1ccc(N2CCCCS2=O)cc1. The lowest BCUT2D eigenvalue weighted by molar-refractivity contribution is 0.102. The molecule has 32 heavy (non-hydrogen) atoms. The fraction of sp³-hybridized carbons (Fsp3) is 0.250. The number of carbonyl (C=O) groups excluding carboxylic acids is 1. The highest BCUT2D eigenvalue weighted by molar-refractivity contribution is 7.86. The van der Waals surface area contributed by atoms with Gasteiger partial charge in [-0.25, -0.2) is 4.21 Å². The molecule has 0 aliphatic carbocycles. The zero-order valence-electron chi connectivity index (χ0n) is 18.0. The van der Waals surface area contributed by atoms with Crippen molar-refractivity contribution >= 4 is 51.5 Å². The predicted octanol–water partition coefficient (Wildman–Crippen LogP) is 6.60. The fourth-order valence-corrected chi connectivity index (χ4v) is 4.94. The zero-order chi connectivity index (χ0) is 23.1. The summed E-state index contributed by atoms with van der Waals surface area (Å²) in [6, 6.07) is 15.9. The zero-order valence-corrected chi connectivity index (χ0v) is 20.3. The van der Waals surface area contributed by atoms with Crippen molar-refractivity contribution in [2.45, 2.75) is 26.7 Å². The number of pyridine rings is 1. The minimum atomic E-state index is -0.996. The highest BCUT2D eigenvalue weighted by Crippen LogP contribution is 2.30. The average molecular weight is 490 g/mol. The lowest BCUT2D eigenvalue weighted by Crippen LogP contribution is -2.32. The summed E-state index contributed by atoms with van der Waals surface area (Å²) in [5.41, 5.74) is 3.36. The van der Waals surface area contributed by atoms with E-state index in [-0.39, 0.29) is 5.91 Å². The van der Waals surface area contributed by atoms with Crippen molar-refractivity contribution in [3.8, 4) is 11.3 Å². The molecule has 0 bridgehead atoms. The van der Waals surface area contributed by atoms with Crippen LogP contribution in [0.1, 0.15) is 37.0 Å². The van der Waals surface area contributed by atoms with Gasteiger partial charge >= 0.3 is 0 Å². The molecule has 2 aromatic carbocycles. The van der Waals surface area contributed by atoms with Crippen LogP contribution in [0, 0.1) is 0 Å². The molecule has 1 aliphatic rings. The summed E-state index contributed by atoms with van der Waals surface area (Å²) in [7, 11) is -0.996. The maximum atomic E-state index is 12.7. The summed E-state index contributed by atoms with van der Waals surface area (Å²) in [5, 5.41) is 3.96. The Morgan fingerprint density at radius 3 is 2.44 bits per heavy atom. The second-order valence-corrected chi connectivity index (χ2v) is 9.23. The largest absolute Gasteiger partial charge is 0.322 e. The quantitative estimate of drug-likeness (QED) is 0.448. The molecular formula is C24H25Cl2N3O2S. The van der Waals surface area contributed by atoms with Crippen molar-refractivity contribution in [2.24, 2.45) is 0 Å². The van der Waals surface area contributed by atoms with Crippen LogP contribution in [0.4, 0.5) is 11.4 Å². The van der Waals surface area contributed by atoms with E-state index in [2.05, 4.69) is 10.3 Å². The number of aromatic nitrogens is 1. The van der Waals surface area contributed by atoms with E-state index in [1.54, 1.807) is 48.7 Å². The third kappa shape index (κ3) is 5.88. The Balaban J connectivity index is 0.00000141. The van der Waals surface area contributed by atoms with Crippen LogP contribution in [-0.4, -0.2) is 27.4 Å². The number of nitrogens with one attached hydrogen (secondary N) is 1. The van der Waals surface area contributed by atoms with Gasteiger partial charge in [0.25, 0.3) is 5.91 Å². The van der Waals surface area contributed by atoms with Crippen molar-refractivity contribution < 1.29 is 9.00 Å². The van der Waals surface area contributed by atoms with Crippen molar-refractivity contribution in [1.82, 2.24) is 4.98 Å². The maximum Gasteiger partial charge on any atom is 0.255 e. The van der Waals surface area contributed by atoms with Gasteiger partial charge in [-0.1, -0.05) is 37.0 Å². The molecule has 1 aromatic heterocycles. The van der Waals surface area contributed by atoms with Crippen LogP contribution in [0.3, 0.4) is 0 Å². The first-order valence-electron chi connectivity index (χ1n) is 10.5. The Labute approximate surface area is 201 Å². The monoisotopic (exact) mass is 489 g/mol. The molecule has 1 fully saturated rings. The van der Waals surface area contributed by atoms with Crippen LogP contribution in [0.2, 0.25) is 10.0 Å². The van der Waals surface area contributed by atoms with Crippen LogP contribution in [-0.2, 0) is 11.0 Å². The minimum absolute atomic E-state index is 0.237. The Kier molecular flexibility index (Phi) is 8.67. The molecule has 2 heterocycles. The number of amides is 1. The maximum absolute atomic E-state index is 12.7. The molecule has 1 aliphatic heterocycles. The molecule has 1 saturated heterocycles. The second-order valence-electron chi connectivity index (χ2n) is 6.89. The molecule has 0 radical (unpaired) electrons. The first-order valence-corrected chi connectivity index (χ1v) is 12.5. The molecule has 1 unspecified atom stereocenters. The second kappa shape index (κ2) is 11.5. The summed E-state index contributed by atoms with van der Waals surface area (Å²) >= 11 is 12.2. The molecule has 1 atom stereocenters. The Morgan fingerprint density at radius 1 is 1.03 bits per heavy atom. The molecule has 168 valence electrons. The fourth-order valence-electron chi connectivity index (χ4n) is 3.26. The van der Waals surface area contributed by atoms with Crippen molar-refractivity contribution in [3.63, 3.8) is 0 Å². The third-order valence-electron chi connectivity index (χ3n) is 4.82. The first-order chi connectivity index (χ1) is 15.5. The average Bonchev–Trinajstić information content (AvgIpc) is 2.83. The van der Waals surface area contributed by atoms with Gasteiger partial charge in [0.05, 0.1) is 15.7 Å². The van der Waals surface area contributed by atoms with Crippen LogP contribution in [0.25, 0.3) is 11.3 Å². The number of hydrogen-bond donors (Lipinski definition) is 1. The first kappa shape index (κ1) is 24.2. The van der Waals surface area contributed by atoms with Gasteiger partial charge in [-0.3, -0.25) is 14.1 Å². The number of anilines is 2. The van der Waals surface area contributed by atoms with E-state index in [4.69, 9.17) is 23.2 Å². The van der Waals surface area contributed by atoms with E-state index in [0.29, 0.717) is 38.3 Å². The van der Waals surface area contributed by atoms with Gasteiger partial charge in [-0.05, 0) is 67.4 Å². The van der Waals surface area contributed by atoms with E-state index < -0.39 is 11.0 Å². The molecule has 0 spiro atoms. The third-order valence-corrected chi connectivity index (χ3v) is 6.90. The summed E-state index contributed by atoms with van der Waals surface area (Å²) in [5.74, 6) is 0.447. The number of nitrogens with zero attached hydrogens (tertiary/aromatic N) is 2. The van der Waals surface area contributed by atoms with E-state index in [1.807, 2.05) is 30.3 Å². The standard InChI is InChI=1S/C22H19Cl2N3O2S.C2H6/c23-16-5-10-21(25-14-16)19-13-17(6-9-20(19)24)26-22(28)15-3-7-18(8-4-15)27-11-1-2-12-30(27)29;1-2/h3-10,13-14H,1-2,11-12H2,(H,26,28);1-2H3. The van der Waals surface area contributed by atoms with Crippen LogP contribution < -0.4 is 9.62 Å². The Bertz CT molecular complexity index is 1090. The van der Waals surface area contributed by atoms with E-state index in [1.165, 1.54) is 0 Å². The number of carbonyl (C=O) groups is 1. The van der Waals surface area contributed by atoms with Gasteiger partial charge in [-0.2, -0.15) is 0 Å². The van der Waals surface area contributed by atoms with Gasteiger partial charge < -0.3 is 5.32 Å². The minimum Gasteiger partial charge on any atom is -0.322 e. The number of halogens is 2. The Morgan fingerprint density at radius 2 is 1.78 bits per heavy atom. The van der Waals surface area contributed by atoms with Crippen molar-refractivity contribution in [3.05, 3.63) is 76.4 Å². The molecule has 1 amide bonds. The Hall–Kier alpha value is -2.41. The van der Waals surface area contributed by atoms with E-state index in [0.717, 1.165) is 25.1 Å². The molecular weight excluding hydrogens is 465 g/mol. The van der Waals surface area contributed by atoms with Gasteiger partial charge in [0, 0.05) is 41.0 Å². The number of benzene rings is 2. The highest BCUT2D eigenvalue weighted by Gasteiger charge is 2.18. The molecule has 0 saturated carbocycles. The van der Waals surface area contributed by atoms with Crippen LogP contribution >= 0.6 is 23.2 Å². The molecule has 1 N–H and O–H groups in total. The van der Waals surface area contributed by atoms with Crippen molar-refractivity contribution in [1.29, 1.82) is 0 Å². The topological polar surface area (TPSA) is 62.3 Å². The van der Waals surface area contributed by atoms with Crippen LogP contribution in [0.15, 0.2) is 60.8 Å². The summed E-state index contributed by atoms with van der Waals surface area (Å²) in [6.45, 7) is 4.77. The number of rotatable bonds is 4. The smallest absolute Gasteiger partial charge is 0.255 e. The number of hydrogen-bond acceptors (Lipinski definition) is 3. The van der Waals surface area contributed by atoms with E-state index >= 15 is 0 Å². The van der Waals surface area contributed by atoms with Gasteiger partial charge in [0.1, 0.15) is 11.0 Å². The predicted molar refractivity (Wildman–Crippen MR) is 135 cm³/mol. The summed E-state index contributed by atoms with van der Waals surface area (Å²) in [6.07, 6.45) is 3.56. The van der Waals surface area contributed by atoms with Crippen LogP contribution in [0.5, 0.6) is 0 Å². The highest BCUT2D eigenvalue weighted by atomic mass is 35.5. The van der Waals surface area contributed by atoms with Gasteiger partial charge in [-0.15, -0.1) is 0 Å². The summed E-state index contributed by atoms with van der Waals surface area (Å²) in [4.78, 5) is 17.0. The normalized spacial score (nSPS) is 15.5. The molecule has 4 rings (SSSR count). The van der Waals surface area contributed by atoms with Gasteiger partial charge in [0.15, 0.2) is 0 Å². The lowest BCUT2D eigenvalue weighted by atomic mass is 10.1. The van der Waals surface area contributed by atoms with E-state index in [9.17, 15) is 9.00 Å². The molecule has 3 aromatic rings. The summed E-state index contributed by atoms with van der Waals surface area (Å²) < 4.78 is 14.1. The van der Waals surface area contributed by atoms with Gasteiger partial charge in [0.2, 0.25) is 0 Å². The molecule has 8 heteroatoms.